The first kappa shape index (κ1) is 10.5. The van der Waals surface area contributed by atoms with Crippen LogP contribution in [0.2, 0.25) is 0 Å². The van der Waals surface area contributed by atoms with Crippen LogP contribution in [0, 0.1) is 11.6 Å². The maximum absolute atomic E-state index is 13.3. The summed E-state index contributed by atoms with van der Waals surface area (Å²) in [5.41, 5.74) is 0.0157. The predicted octanol–water partition coefficient (Wildman–Crippen LogP) is 2.47. The lowest BCUT2D eigenvalue weighted by Crippen LogP contribution is -2.28. The minimum atomic E-state index is -0.577. The number of carbonyl (C=O) groups excluding carboxylic acids is 1. The van der Waals surface area contributed by atoms with Crippen LogP contribution >= 0.6 is 15.9 Å². The van der Waals surface area contributed by atoms with Crippen molar-refractivity contribution in [2.24, 2.45) is 0 Å². The van der Waals surface area contributed by atoms with E-state index >= 15 is 0 Å². The van der Waals surface area contributed by atoms with Crippen LogP contribution in [-0.4, -0.2) is 17.3 Å². The highest BCUT2D eigenvalue weighted by Gasteiger charge is 2.31. The van der Waals surface area contributed by atoms with Gasteiger partial charge in [-0.3, -0.25) is 4.79 Å². The molecule has 15 heavy (non-hydrogen) atoms. The van der Waals surface area contributed by atoms with E-state index in [0.29, 0.717) is 13.0 Å². The molecule has 1 aromatic carbocycles. The molecule has 1 aliphatic heterocycles. The fourth-order valence-corrected chi connectivity index (χ4v) is 2.03. The molecule has 1 fully saturated rings. The van der Waals surface area contributed by atoms with E-state index < -0.39 is 11.6 Å². The first-order chi connectivity index (χ1) is 7.09. The zero-order chi connectivity index (χ0) is 11.0. The van der Waals surface area contributed by atoms with Gasteiger partial charge in [-0.1, -0.05) is 15.9 Å². The van der Waals surface area contributed by atoms with Gasteiger partial charge >= 0.3 is 0 Å². The van der Waals surface area contributed by atoms with Crippen molar-refractivity contribution in [2.75, 3.05) is 11.4 Å². The molecule has 0 aromatic heterocycles. The third-order valence-electron chi connectivity index (χ3n) is 2.34. The highest BCUT2D eigenvalue weighted by molar-refractivity contribution is 9.10. The van der Waals surface area contributed by atoms with E-state index in [-0.39, 0.29) is 16.4 Å². The summed E-state index contributed by atoms with van der Waals surface area (Å²) in [4.78, 5) is 12.5. The Balaban J connectivity index is 2.37. The largest absolute Gasteiger partial charge is 0.309 e. The second kappa shape index (κ2) is 3.89. The number of benzene rings is 1. The summed E-state index contributed by atoms with van der Waals surface area (Å²) in [5, 5.41) is 0. The molecule has 80 valence electrons. The number of hydrogen-bond acceptors (Lipinski definition) is 1. The molecule has 0 N–H and O–H groups in total. The molecule has 5 heteroatoms. The van der Waals surface area contributed by atoms with Crippen LogP contribution in [-0.2, 0) is 4.79 Å². The summed E-state index contributed by atoms with van der Waals surface area (Å²) >= 11 is 3.18. The number of rotatable bonds is 1. The number of halogens is 3. The molecule has 1 heterocycles. The lowest BCUT2D eigenvalue weighted by Gasteiger charge is -2.16. The van der Waals surface area contributed by atoms with Gasteiger partial charge in [0.2, 0.25) is 5.91 Å². The van der Waals surface area contributed by atoms with Gasteiger partial charge in [0.15, 0.2) is 0 Å². The van der Waals surface area contributed by atoms with E-state index in [9.17, 15) is 13.6 Å². The average Bonchev–Trinajstić information content (AvgIpc) is 2.52. The topological polar surface area (TPSA) is 20.3 Å². The zero-order valence-electron chi connectivity index (χ0n) is 7.71. The third kappa shape index (κ3) is 1.88. The number of amides is 1. The van der Waals surface area contributed by atoms with Crippen LogP contribution in [0.15, 0.2) is 18.2 Å². The summed E-state index contributed by atoms with van der Waals surface area (Å²) in [6, 6.07) is 3.10. The summed E-state index contributed by atoms with van der Waals surface area (Å²) in [7, 11) is 0. The molecule has 2 rings (SSSR count). The summed E-state index contributed by atoms with van der Waals surface area (Å²) < 4.78 is 26.3. The SMILES string of the molecule is O=C1C(Br)CCN1c1cc(F)ccc1F. The number of anilines is 1. The molecule has 0 spiro atoms. The molecular weight excluding hydrogens is 268 g/mol. The Morgan fingerprint density at radius 3 is 2.73 bits per heavy atom. The monoisotopic (exact) mass is 275 g/mol. The van der Waals surface area contributed by atoms with Crippen LogP contribution < -0.4 is 4.90 Å². The first-order valence-electron chi connectivity index (χ1n) is 4.50. The van der Waals surface area contributed by atoms with E-state index in [2.05, 4.69) is 15.9 Å². The molecule has 1 atom stereocenters. The minimum Gasteiger partial charge on any atom is -0.309 e. The Morgan fingerprint density at radius 1 is 1.40 bits per heavy atom. The quantitative estimate of drug-likeness (QED) is 0.721. The van der Waals surface area contributed by atoms with Crippen LogP contribution in [0.25, 0.3) is 0 Å². The predicted molar refractivity (Wildman–Crippen MR) is 56.0 cm³/mol. The molecule has 0 saturated carbocycles. The second-order valence-electron chi connectivity index (χ2n) is 3.34. The Morgan fingerprint density at radius 2 is 2.13 bits per heavy atom. The highest BCUT2D eigenvalue weighted by Crippen LogP contribution is 2.27. The maximum atomic E-state index is 13.3. The van der Waals surface area contributed by atoms with Gasteiger partial charge < -0.3 is 4.90 Å². The number of hydrogen-bond donors (Lipinski definition) is 0. The number of alkyl halides is 1. The normalized spacial score (nSPS) is 21.1. The smallest absolute Gasteiger partial charge is 0.240 e. The van der Waals surface area contributed by atoms with E-state index in [1.807, 2.05) is 0 Å². The lowest BCUT2D eigenvalue weighted by atomic mass is 10.2. The molecular formula is C10H8BrF2NO. The standard InChI is InChI=1S/C10H8BrF2NO/c11-7-3-4-14(10(7)15)9-5-6(12)1-2-8(9)13/h1-2,5,7H,3-4H2. The Bertz CT molecular complexity index is 410. The fourth-order valence-electron chi connectivity index (χ4n) is 1.58. The minimum absolute atomic E-state index is 0.0157. The van der Waals surface area contributed by atoms with Gasteiger partial charge in [0.25, 0.3) is 0 Å². The zero-order valence-corrected chi connectivity index (χ0v) is 9.30. The van der Waals surface area contributed by atoms with E-state index in [4.69, 9.17) is 0 Å². The van der Waals surface area contributed by atoms with Crippen LogP contribution in [0.3, 0.4) is 0 Å². The van der Waals surface area contributed by atoms with Crippen molar-refractivity contribution in [3.8, 4) is 0 Å². The van der Waals surface area contributed by atoms with Gasteiger partial charge in [0.05, 0.1) is 10.5 Å². The van der Waals surface area contributed by atoms with Crippen molar-refractivity contribution in [3.05, 3.63) is 29.8 Å². The van der Waals surface area contributed by atoms with Crippen molar-refractivity contribution < 1.29 is 13.6 Å². The van der Waals surface area contributed by atoms with Crippen LogP contribution in [0.4, 0.5) is 14.5 Å². The van der Waals surface area contributed by atoms with Gasteiger partial charge in [-0.2, -0.15) is 0 Å². The van der Waals surface area contributed by atoms with Gasteiger partial charge in [-0.25, -0.2) is 8.78 Å². The van der Waals surface area contributed by atoms with Crippen molar-refractivity contribution in [1.82, 2.24) is 0 Å². The van der Waals surface area contributed by atoms with Crippen molar-refractivity contribution >= 4 is 27.5 Å². The Labute approximate surface area is 94.0 Å². The van der Waals surface area contributed by atoms with Gasteiger partial charge in [-0.05, 0) is 18.6 Å². The van der Waals surface area contributed by atoms with Gasteiger partial charge in [0, 0.05) is 12.6 Å². The molecule has 1 unspecified atom stereocenters. The molecule has 0 bridgehead atoms. The molecule has 1 saturated heterocycles. The van der Waals surface area contributed by atoms with Crippen LogP contribution in [0.1, 0.15) is 6.42 Å². The fraction of sp³-hybridized carbons (Fsp3) is 0.300. The molecule has 1 aromatic rings. The Kier molecular flexibility index (Phi) is 2.73. The summed E-state index contributed by atoms with van der Waals surface area (Å²) in [6.07, 6.45) is 0.606. The van der Waals surface area contributed by atoms with Crippen molar-refractivity contribution in [1.29, 1.82) is 0 Å². The van der Waals surface area contributed by atoms with Gasteiger partial charge in [0.1, 0.15) is 11.6 Å². The third-order valence-corrected chi connectivity index (χ3v) is 3.19. The highest BCUT2D eigenvalue weighted by atomic mass is 79.9. The average molecular weight is 276 g/mol. The molecule has 0 aliphatic carbocycles. The second-order valence-corrected chi connectivity index (χ2v) is 4.45. The van der Waals surface area contributed by atoms with Crippen molar-refractivity contribution in [2.45, 2.75) is 11.2 Å². The lowest BCUT2D eigenvalue weighted by molar-refractivity contribution is -0.116. The van der Waals surface area contributed by atoms with Crippen molar-refractivity contribution in [3.63, 3.8) is 0 Å². The summed E-state index contributed by atoms with van der Waals surface area (Å²) in [5.74, 6) is -1.34. The van der Waals surface area contributed by atoms with E-state index in [0.717, 1.165) is 18.2 Å². The van der Waals surface area contributed by atoms with Gasteiger partial charge in [-0.15, -0.1) is 0 Å². The number of nitrogens with zero attached hydrogens (tertiary/aromatic N) is 1. The molecule has 0 radical (unpaired) electrons. The Hall–Kier alpha value is -0.970. The van der Waals surface area contributed by atoms with E-state index in [1.54, 1.807) is 0 Å². The summed E-state index contributed by atoms with van der Waals surface area (Å²) in [6.45, 7) is 0.412. The van der Waals surface area contributed by atoms with E-state index in [1.165, 1.54) is 4.90 Å². The molecule has 2 nitrogen and oxygen atoms in total. The number of carbonyl (C=O) groups is 1. The first-order valence-corrected chi connectivity index (χ1v) is 5.41. The maximum Gasteiger partial charge on any atom is 0.240 e. The van der Waals surface area contributed by atoms with Crippen LogP contribution in [0.5, 0.6) is 0 Å². The molecule has 1 amide bonds. The molecule has 1 aliphatic rings.